The van der Waals surface area contributed by atoms with E-state index >= 15 is 0 Å². The minimum Gasteiger partial charge on any atom is -0.287 e. The van der Waals surface area contributed by atoms with Gasteiger partial charge < -0.3 is 0 Å². The van der Waals surface area contributed by atoms with Gasteiger partial charge >= 0.3 is 0 Å². The Bertz CT molecular complexity index is 802. The lowest BCUT2D eigenvalue weighted by atomic mass is 10.1. The van der Waals surface area contributed by atoms with Crippen molar-refractivity contribution >= 4 is 29.0 Å². The van der Waals surface area contributed by atoms with Gasteiger partial charge in [0.2, 0.25) is 5.78 Å². The van der Waals surface area contributed by atoms with Crippen LogP contribution in [0.5, 0.6) is 0 Å². The summed E-state index contributed by atoms with van der Waals surface area (Å²) < 4.78 is 1.50. The predicted octanol–water partition coefficient (Wildman–Crippen LogP) is 3.20. The van der Waals surface area contributed by atoms with Crippen molar-refractivity contribution in [1.82, 2.24) is 20.0 Å². The van der Waals surface area contributed by atoms with E-state index < -0.39 is 0 Å². The maximum absolute atomic E-state index is 12.4. The summed E-state index contributed by atoms with van der Waals surface area (Å²) in [7, 11) is 0. The SMILES string of the molecule is O=C(c1cn(-c2ccncc2)nn1)c1ccc(Cl)cc1Cl. The van der Waals surface area contributed by atoms with Crippen LogP contribution >= 0.6 is 23.2 Å². The fourth-order valence-corrected chi connectivity index (χ4v) is 2.30. The fraction of sp³-hybridized carbons (Fsp3) is 0. The average Bonchev–Trinajstić information content (AvgIpc) is 2.97. The third kappa shape index (κ3) is 2.79. The molecule has 0 saturated carbocycles. The lowest BCUT2D eigenvalue weighted by Crippen LogP contribution is -2.02. The Morgan fingerprint density at radius 1 is 1.10 bits per heavy atom. The quantitative estimate of drug-likeness (QED) is 0.696. The molecule has 2 heterocycles. The van der Waals surface area contributed by atoms with Gasteiger partial charge in [0.15, 0.2) is 5.69 Å². The van der Waals surface area contributed by atoms with Crippen molar-refractivity contribution in [2.45, 2.75) is 0 Å². The van der Waals surface area contributed by atoms with Crippen LogP contribution in [0.2, 0.25) is 10.0 Å². The lowest BCUT2D eigenvalue weighted by Gasteiger charge is -2.01. The number of carbonyl (C=O) groups is 1. The van der Waals surface area contributed by atoms with Gasteiger partial charge in [-0.2, -0.15) is 0 Å². The van der Waals surface area contributed by atoms with Gasteiger partial charge in [-0.15, -0.1) is 5.10 Å². The number of rotatable bonds is 3. The van der Waals surface area contributed by atoms with Crippen molar-refractivity contribution in [2.75, 3.05) is 0 Å². The topological polar surface area (TPSA) is 60.7 Å². The second-order valence-corrected chi connectivity index (χ2v) is 5.05. The molecule has 0 aliphatic carbocycles. The molecule has 2 aromatic heterocycles. The van der Waals surface area contributed by atoms with Crippen LogP contribution < -0.4 is 0 Å². The van der Waals surface area contributed by atoms with Gasteiger partial charge in [-0.05, 0) is 30.3 Å². The first-order valence-electron chi connectivity index (χ1n) is 5.97. The maximum atomic E-state index is 12.4. The fourth-order valence-electron chi connectivity index (χ4n) is 1.80. The molecule has 21 heavy (non-hydrogen) atoms. The van der Waals surface area contributed by atoms with Crippen molar-refractivity contribution in [3.63, 3.8) is 0 Å². The molecule has 0 spiro atoms. The molecular formula is C14H8Cl2N4O. The summed E-state index contributed by atoms with van der Waals surface area (Å²) in [6.45, 7) is 0. The summed E-state index contributed by atoms with van der Waals surface area (Å²) in [6, 6.07) is 8.21. The second-order valence-electron chi connectivity index (χ2n) is 4.21. The summed E-state index contributed by atoms with van der Waals surface area (Å²) in [4.78, 5) is 16.3. The highest BCUT2D eigenvalue weighted by Gasteiger charge is 2.17. The number of pyridine rings is 1. The number of aromatic nitrogens is 4. The smallest absolute Gasteiger partial charge is 0.216 e. The molecule has 0 radical (unpaired) electrons. The molecule has 1 aromatic carbocycles. The van der Waals surface area contributed by atoms with Crippen LogP contribution in [0.1, 0.15) is 16.1 Å². The molecule has 0 aliphatic rings. The third-order valence-corrected chi connectivity index (χ3v) is 3.38. The Kier molecular flexibility index (Phi) is 3.68. The van der Waals surface area contributed by atoms with E-state index in [4.69, 9.17) is 23.2 Å². The van der Waals surface area contributed by atoms with E-state index in [1.54, 1.807) is 42.9 Å². The molecule has 3 aromatic rings. The number of ketones is 1. The standard InChI is InChI=1S/C14H8Cl2N4O/c15-9-1-2-11(12(16)7-9)14(21)13-8-20(19-18-13)10-3-5-17-6-4-10/h1-8H. The second kappa shape index (κ2) is 5.63. The molecule has 0 aliphatic heterocycles. The lowest BCUT2D eigenvalue weighted by molar-refractivity contribution is 0.103. The monoisotopic (exact) mass is 318 g/mol. The first-order chi connectivity index (χ1) is 10.1. The number of benzene rings is 1. The Balaban J connectivity index is 1.94. The highest BCUT2D eigenvalue weighted by Crippen LogP contribution is 2.23. The molecule has 0 bridgehead atoms. The summed E-state index contributed by atoms with van der Waals surface area (Å²) in [5.74, 6) is -0.308. The Morgan fingerprint density at radius 3 is 2.57 bits per heavy atom. The molecule has 3 rings (SSSR count). The molecule has 7 heteroatoms. The molecule has 0 saturated heterocycles. The highest BCUT2D eigenvalue weighted by atomic mass is 35.5. The first kappa shape index (κ1) is 13.7. The van der Waals surface area contributed by atoms with Gasteiger partial charge in [-0.25, -0.2) is 4.68 Å². The third-order valence-electron chi connectivity index (χ3n) is 2.83. The van der Waals surface area contributed by atoms with Crippen LogP contribution in [0.3, 0.4) is 0 Å². The van der Waals surface area contributed by atoms with Crippen molar-refractivity contribution in [3.05, 3.63) is 70.2 Å². The normalized spacial score (nSPS) is 10.6. The number of nitrogens with zero attached hydrogens (tertiary/aromatic N) is 4. The van der Waals surface area contributed by atoms with E-state index in [-0.39, 0.29) is 16.5 Å². The van der Waals surface area contributed by atoms with Crippen LogP contribution in [0.15, 0.2) is 48.9 Å². The first-order valence-corrected chi connectivity index (χ1v) is 6.73. The Labute approximate surface area is 130 Å². The number of halogens is 2. The average molecular weight is 319 g/mol. The Hall–Kier alpha value is -2.24. The van der Waals surface area contributed by atoms with E-state index in [0.29, 0.717) is 10.6 Å². The summed E-state index contributed by atoms with van der Waals surface area (Å²) >= 11 is 11.8. The molecule has 0 atom stereocenters. The van der Waals surface area contributed by atoms with E-state index in [2.05, 4.69) is 15.3 Å². The number of carbonyl (C=O) groups excluding carboxylic acids is 1. The summed E-state index contributed by atoms with van der Waals surface area (Å²) in [5.41, 5.74) is 1.30. The summed E-state index contributed by atoms with van der Waals surface area (Å²) in [5, 5.41) is 8.57. The minimum atomic E-state index is -0.308. The minimum absolute atomic E-state index is 0.205. The largest absolute Gasteiger partial charge is 0.287 e. The molecule has 0 amide bonds. The van der Waals surface area contributed by atoms with Gasteiger partial charge in [-0.3, -0.25) is 9.78 Å². The zero-order chi connectivity index (χ0) is 14.8. The molecule has 104 valence electrons. The molecule has 0 N–H and O–H groups in total. The Morgan fingerprint density at radius 2 is 1.86 bits per heavy atom. The number of hydrogen-bond donors (Lipinski definition) is 0. The van der Waals surface area contributed by atoms with Gasteiger partial charge in [0, 0.05) is 23.0 Å². The van der Waals surface area contributed by atoms with Crippen LogP contribution in [0.25, 0.3) is 5.69 Å². The van der Waals surface area contributed by atoms with Crippen molar-refractivity contribution in [2.24, 2.45) is 0 Å². The van der Waals surface area contributed by atoms with Crippen molar-refractivity contribution in [1.29, 1.82) is 0 Å². The zero-order valence-corrected chi connectivity index (χ0v) is 12.1. The van der Waals surface area contributed by atoms with Crippen LogP contribution in [-0.4, -0.2) is 25.8 Å². The molecule has 5 nitrogen and oxygen atoms in total. The van der Waals surface area contributed by atoms with E-state index in [9.17, 15) is 4.79 Å². The van der Waals surface area contributed by atoms with Gasteiger partial charge in [0.1, 0.15) is 0 Å². The highest BCUT2D eigenvalue weighted by molar-refractivity contribution is 6.37. The number of hydrogen-bond acceptors (Lipinski definition) is 4. The summed E-state index contributed by atoms with van der Waals surface area (Å²) in [6.07, 6.45) is 4.81. The van der Waals surface area contributed by atoms with Crippen molar-refractivity contribution in [3.8, 4) is 5.69 Å². The predicted molar refractivity (Wildman–Crippen MR) is 79.0 cm³/mol. The molecule has 0 unspecified atom stereocenters. The van der Waals surface area contributed by atoms with E-state index in [1.807, 2.05) is 0 Å². The molecular weight excluding hydrogens is 311 g/mol. The van der Waals surface area contributed by atoms with Gasteiger partial charge in [0.25, 0.3) is 0 Å². The van der Waals surface area contributed by atoms with Crippen LogP contribution in [0, 0.1) is 0 Å². The maximum Gasteiger partial charge on any atom is 0.216 e. The molecule has 0 fully saturated rings. The van der Waals surface area contributed by atoms with Crippen molar-refractivity contribution < 1.29 is 4.79 Å². The van der Waals surface area contributed by atoms with Gasteiger partial charge in [0.05, 0.1) is 16.9 Å². The zero-order valence-electron chi connectivity index (χ0n) is 10.6. The van der Waals surface area contributed by atoms with Crippen LogP contribution in [-0.2, 0) is 0 Å². The van der Waals surface area contributed by atoms with E-state index in [0.717, 1.165) is 5.69 Å². The van der Waals surface area contributed by atoms with Crippen LogP contribution in [0.4, 0.5) is 0 Å². The van der Waals surface area contributed by atoms with E-state index in [1.165, 1.54) is 10.7 Å². The van der Waals surface area contributed by atoms with Gasteiger partial charge in [-0.1, -0.05) is 28.4 Å².